The molecule has 1 aliphatic heterocycles. The lowest BCUT2D eigenvalue weighted by Gasteiger charge is -2.29. The number of ether oxygens (including phenoxy) is 3. The minimum atomic E-state index is -0.708. The molecule has 2 N–H and O–H groups in total. The first kappa shape index (κ1) is 20.9. The molecule has 0 bridgehead atoms. The van der Waals surface area contributed by atoms with E-state index in [2.05, 4.69) is 10.6 Å². The zero-order valence-electron chi connectivity index (χ0n) is 16.0. The molecule has 0 fully saturated rings. The van der Waals surface area contributed by atoms with Gasteiger partial charge in [-0.3, -0.25) is 0 Å². The second kappa shape index (κ2) is 9.50. The predicted octanol–water partition coefficient (Wildman–Crippen LogP) is 3.72. The molecule has 1 aromatic rings. The van der Waals surface area contributed by atoms with Crippen molar-refractivity contribution < 1.29 is 23.8 Å². The average molecular weight is 397 g/mol. The molecule has 0 aromatic heterocycles. The van der Waals surface area contributed by atoms with Crippen LogP contribution in [-0.2, 0) is 9.53 Å². The zero-order valence-corrected chi connectivity index (χ0v) is 16.7. The number of nitrogens with one attached hydrogen (secondary N) is 2. The van der Waals surface area contributed by atoms with Gasteiger partial charge in [0.15, 0.2) is 11.5 Å². The molecule has 0 saturated carbocycles. The number of esters is 1. The second-order valence-electron chi connectivity index (χ2n) is 5.99. The number of halogens is 1. The van der Waals surface area contributed by atoms with Gasteiger partial charge >= 0.3 is 12.0 Å². The van der Waals surface area contributed by atoms with Crippen LogP contribution >= 0.6 is 11.6 Å². The fraction of sp³-hybridized carbons (Fsp3) is 0.474. The van der Waals surface area contributed by atoms with Gasteiger partial charge in [-0.1, -0.05) is 24.9 Å². The van der Waals surface area contributed by atoms with Crippen molar-refractivity contribution in [3.05, 3.63) is 34.0 Å². The summed E-state index contributed by atoms with van der Waals surface area (Å²) in [6, 6.07) is 2.27. The summed E-state index contributed by atoms with van der Waals surface area (Å²) in [6.45, 7) is 4.29. The highest BCUT2D eigenvalue weighted by atomic mass is 35.5. The van der Waals surface area contributed by atoms with Crippen LogP contribution in [0.4, 0.5) is 4.79 Å². The lowest BCUT2D eigenvalue weighted by molar-refractivity contribution is -0.136. The molecule has 0 aliphatic carbocycles. The third-order valence-electron chi connectivity index (χ3n) is 4.21. The Labute approximate surface area is 164 Å². The first-order valence-corrected chi connectivity index (χ1v) is 9.23. The Balaban J connectivity index is 2.59. The summed E-state index contributed by atoms with van der Waals surface area (Å²) in [6.07, 6.45) is 2.32. The molecule has 27 heavy (non-hydrogen) atoms. The third-order valence-corrected chi connectivity index (χ3v) is 4.49. The molecule has 0 saturated heterocycles. The number of allylic oxidation sites excluding steroid dienone is 1. The molecular formula is C19H25ClN2O5. The van der Waals surface area contributed by atoms with Crippen molar-refractivity contribution in [2.45, 2.75) is 39.2 Å². The highest BCUT2D eigenvalue weighted by Crippen LogP contribution is 2.40. The summed E-state index contributed by atoms with van der Waals surface area (Å²) >= 11 is 6.34. The molecule has 2 rings (SSSR count). The Morgan fingerprint density at radius 3 is 2.59 bits per heavy atom. The molecule has 7 nitrogen and oxygen atoms in total. The SMILES string of the molecule is CCCCC1=C(C(=O)OC)C(c2cc(Cl)c(OC)c(OCC)c2)NC(=O)N1. The number of rotatable bonds is 8. The van der Waals surface area contributed by atoms with Crippen LogP contribution < -0.4 is 20.1 Å². The monoisotopic (exact) mass is 396 g/mol. The number of methoxy groups -OCH3 is 2. The number of hydrogen-bond acceptors (Lipinski definition) is 5. The van der Waals surface area contributed by atoms with Crippen LogP contribution in [0.2, 0.25) is 5.02 Å². The second-order valence-corrected chi connectivity index (χ2v) is 6.39. The summed E-state index contributed by atoms with van der Waals surface area (Å²) < 4.78 is 15.9. The van der Waals surface area contributed by atoms with E-state index in [0.717, 1.165) is 12.8 Å². The average Bonchev–Trinajstić information content (AvgIpc) is 2.65. The highest BCUT2D eigenvalue weighted by molar-refractivity contribution is 6.32. The van der Waals surface area contributed by atoms with Gasteiger partial charge in [-0.05, 0) is 37.5 Å². The molecule has 1 aliphatic rings. The standard InChI is InChI=1S/C19H25ClN2O5/c1-5-7-8-13-15(18(23)26-4)16(22-19(24)21-13)11-9-12(20)17(25-3)14(10-11)27-6-2/h9-10,16H,5-8H2,1-4H3,(H2,21,22,24). The maximum absolute atomic E-state index is 12.5. The minimum absolute atomic E-state index is 0.325. The van der Waals surface area contributed by atoms with Gasteiger partial charge in [0, 0.05) is 5.70 Å². The first-order valence-electron chi connectivity index (χ1n) is 8.85. The van der Waals surface area contributed by atoms with Crippen LogP contribution in [0.3, 0.4) is 0 Å². The van der Waals surface area contributed by atoms with Gasteiger partial charge in [0.05, 0.1) is 37.5 Å². The fourth-order valence-electron chi connectivity index (χ4n) is 2.99. The Morgan fingerprint density at radius 1 is 1.26 bits per heavy atom. The molecule has 148 valence electrons. The number of carbonyl (C=O) groups excluding carboxylic acids is 2. The highest BCUT2D eigenvalue weighted by Gasteiger charge is 2.34. The lowest BCUT2D eigenvalue weighted by Crippen LogP contribution is -2.45. The van der Waals surface area contributed by atoms with Crippen LogP contribution in [0.15, 0.2) is 23.4 Å². The Morgan fingerprint density at radius 2 is 2.00 bits per heavy atom. The molecule has 0 spiro atoms. The van der Waals surface area contributed by atoms with Crippen molar-refractivity contribution in [3.63, 3.8) is 0 Å². The number of urea groups is 1. The van der Waals surface area contributed by atoms with Crippen molar-refractivity contribution >= 4 is 23.6 Å². The topological polar surface area (TPSA) is 85.9 Å². The molecule has 1 aromatic carbocycles. The Hall–Kier alpha value is -2.41. The molecular weight excluding hydrogens is 372 g/mol. The summed E-state index contributed by atoms with van der Waals surface area (Å²) in [7, 11) is 2.81. The quantitative estimate of drug-likeness (QED) is 0.654. The van der Waals surface area contributed by atoms with Crippen LogP contribution in [0.25, 0.3) is 0 Å². The van der Waals surface area contributed by atoms with E-state index >= 15 is 0 Å². The van der Waals surface area contributed by atoms with Crippen LogP contribution in [0.1, 0.15) is 44.7 Å². The van der Waals surface area contributed by atoms with Gasteiger partial charge < -0.3 is 24.8 Å². The van der Waals surface area contributed by atoms with Crippen LogP contribution in [0, 0.1) is 0 Å². The number of hydrogen-bond donors (Lipinski definition) is 2. The summed E-state index contributed by atoms with van der Waals surface area (Å²) in [5.41, 5.74) is 1.52. The molecule has 2 amide bonds. The smallest absolute Gasteiger partial charge is 0.337 e. The largest absolute Gasteiger partial charge is 0.491 e. The molecule has 1 heterocycles. The number of benzene rings is 1. The number of amides is 2. The molecule has 1 unspecified atom stereocenters. The van der Waals surface area contributed by atoms with Crippen LogP contribution in [-0.4, -0.2) is 32.8 Å². The van der Waals surface area contributed by atoms with Gasteiger partial charge in [-0.15, -0.1) is 0 Å². The van der Waals surface area contributed by atoms with Crippen molar-refractivity contribution in [1.82, 2.24) is 10.6 Å². The number of carbonyl (C=O) groups is 2. The maximum atomic E-state index is 12.5. The van der Waals surface area contributed by atoms with E-state index in [1.54, 1.807) is 12.1 Å². The maximum Gasteiger partial charge on any atom is 0.337 e. The van der Waals surface area contributed by atoms with E-state index in [-0.39, 0.29) is 6.03 Å². The lowest BCUT2D eigenvalue weighted by atomic mass is 9.93. The van der Waals surface area contributed by atoms with Gasteiger partial charge in [-0.25, -0.2) is 9.59 Å². The van der Waals surface area contributed by atoms with E-state index in [1.165, 1.54) is 14.2 Å². The summed E-state index contributed by atoms with van der Waals surface area (Å²) in [4.78, 5) is 24.7. The van der Waals surface area contributed by atoms with E-state index in [1.807, 2.05) is 13.8 Å². The van der Waals surface area contributed by atoms with Crippen molar-refractivity contribution in [2.24, 2.45) is 0 Å². The van der Waals surface area contributed by atoms with Crippen LogP contribution in [0.5, 0.6) is 11.5 Å². The summed E-state index contributed by atoms with van der Waals surface area (Å²) in [5, 5.41) is 5.83. The number of unbranched alkanes of at least 4 members (excludes halogenated alkanes) is 1. The molecule has 8 heteroatoms. The van der Waals surface area contributed by atoms with E-state index in [4.69, 9.17) is 25.8 Å². The van der Waals surface area contributed by atoms with Gasteiger partial charge in [0.1, 0.15) is 0 Å². The predicted molar refractivity (Wildman–Crippen MR) is 102 cm³/mol. The fourth-order valence-corrected chi connectivity index (χ4v) is 3.28. The minimum Gasteiger partial charge on any atom is -0.491 e. The molecule has 1 atom stereocenters. The zero-order chi connectivity index (χ0) is 20.0. The van der Waals surface area contributed by atoms with Crippen molar-refractivity contribution in [2.75, 3.05) is 20.8 Å². The van der Waals surface area contributed by atoms with Gasteiger partial charge in [0.25, 0.3) is 0 Å². The Bertz CT molecular complexity index is 748. The Kier molecular flexibility index (Phi) is 7.36. The first-order chi connectivity index (χ1) is 13.0. The van der Waals surface area contributed by atoms with Crippen molar-refractivity contribution in [3.8, 4) is 11.5 Å². The van der Waals surface area contributed by atoms with E-state index < -0.39 is 12.0 Å². The summed E-state index contributed by atoms with van der Waals surface area (Å²) in [5.74, 6) is 0.329. The van der Waals surface area contributed by atoms with E-state index in [0.29, 0.717) is 46.4 Å². The van der Waals surface area contributed by atoms with Gasteiger partial charge in [-0.2, -0.15) is 0 Å². The van der Waals surface area contributed by atoms with Crippen molar-refractivity contribution in [1.29, 1.82) is 0 Å². The normalized spacial score (nSPS) is 16.5. The van der Waals surface area contributed by atoms with E-state index in [9.17, 15) is 9.59 Å². The van der Waals surface area contributed by atoms with Gasteiger partial charge in [0.2, 0.25) is 0 Å². The molecule has 0 radical (unpaired) electrons. The third kappa shape index (κ3) is 4.66.